The van der Waals surface area contributed by atoms with Gasteiger partial charge in [0.1, 0.15) is 0 Å². The predicted molar refractivity (Wildman–Crippen MR) is 89.9 cm³/mol. The van der Waals surface area contributed by atoms with Crippen LogP contribution in [-0.4, -0.2) is 37.0 Å². The minimum Gasteiger partial charge on any atom is -0.355 e. The second kappa shape index (κ2) is 8.40. The topological polar surface area (TPSA) is 32.3 Å². The molecule has 0 heterocycles. The van der Waals surface area contributed by atoms with E-state index >= 15 is 0 Å². The van der Waals surface area contributed by atoms with Gasteiger partial charge in [0.25, 0.3) is 0 Å². The summed E-state index contributed by atoms with van der Waals surface area (Å²) >= 11 is 6.01. The van der Waals surface area contributed by atoms with Gasteiger partial charge >= 0.3 is 0 Å². The minimum atomic E-state index is -0.569. The molecule has 3 nitrogen and oxygen atoms in total. The highest BCUT2D eigenvalue weighted by molar-refractivity contribution is 6.30. The molecule has 0 unspecified atom stereocenters. The van der Waals surface area contributed by atoms with E-state index in [4.69, 9.17) is 11.6 Å². The van der Waals surface area contributed by atoms with E-state index in [1.54, 1.807) is 0 Å². The lowest BCUT2D eigenvalue weighted by molar-refractivity contribution is -0.125. The molecule has 1 amide bonds. The Morgan fingerprint density at radius 3 is 2.52 bits per heavy atom. The molecule has 0 aliphatic carbocycles. The lowest BCUT2D eigenvalue weighted by Crippen LogP contribution is -2.41. The number of amides is 1. The van der Waals surface area contributed by atoms with Crippen LogP contribution in [0.25, 0.3) is 0 Å². The number of carbonyl (C=O) groups is 1. The molecule has 0 atom stereocenters. The van der Waals surface area contributed by atoms with Crippen LogP contribution in [0.5, 0.6) is 0 Å². The van der Waals surface area contributed by atoms with Gasteiger partial charge in [-0.25, -0.2) is 0 Å². The van der Waals surface area contributed by atoms with Gasteiger partial charge in [0, 0.05) is 11.6 Å². The van der Waals surface area contributed by atoms with Gasteiger partial charge in [-0.05, 0) is 57.6 Å². The van der Waals surface area contributed by atoms with Crippen LogP contribution in [0.1, 0.15) is 39.7 Å². The van der Waals surface area contributed by atoms with Crippen LogP contribution < -0.4 is 5.32 Å². The van der Waals surface area contributed by atoms with Crippen LogP contribution in [0.4, 0.5) is 0 Å². The number of hydrogen-bond donors (Lipinski definition) is 1. The van der Waals surface area contributed by atoms with Crippen LogP contribution in [0, 0.1) is 0 Å². The molecule has 0 bridgehead atoms. The molecular weight excluding hydrogens is 284 g/mol. The number of hydrogen-bond acceptors (Lipinski definition) is 2. The molecule has 0 saturated carbocycles. The van der Waals surface area contributed by atoms with Crippen molar-refractivity contribution in [3.63, 3.8) is 0 Å². The molecule has 0 fully saturated rings. The maximum absolute atomic E-state index is 12.4. The first-order valence-corrected chi connectivity index (χ1v) is 8.06. The van der Waals surface area contributed by atoms with Gasteiger partial charge < -0.3 is 10.2 Å². The number of nitrogens with zero attached hydrogens (tertiary/aromatic N) is 1. The van der Waals surface area contributed by atoms with Crippen molar-refractivity contribution in [2.45, 2.75) is 39.5 Å². The summed E-state index contributed by atoms with van der Waals surface area (Å²) < 4.78 is 0. The minimum absolute atomic E-state index is 0.0457. The normalized spacial score (nSPS) is 11.7. The Hall–Kier alpha value is -1.06. The first kappa shape index (κ1) is 18.0. The van der Waals surface area contributed by atoms with E-state index in [2.05, 4.69) is 24.1 Å². The van der Waals surface area contributed by atoms with E-state index in [1.807, 2.05) is 38.1 Å². The summed E-state index contributed by atoms with van der Waals surface area (Å²) in [5.74, 6) is 0.0457. The summed E-state index contributed by atoms with van der Waals surface area (Å²) in [6, 6.07) is 7.51. The Bertz CT molecular complexity index is 456. The summed E-state index contributed by atoms with van der Waals surface area (Å²) in [4.78, 5) is 14.7. The van der Waals surface area contributed by atoms with Crippen LogP contribution in [0.2, 0.25) is 5.02 Å². The lowest BCUT2D eigenvalue weighted by atomic mass is 9.84. The van der Waals surface area contributed by atoms with E-state index in [1.165, 1.54) is 0 Å². The summed E-state index contributed by atoms with van der Waals surface area (Å²) in [6.45, 7) is 12.0. The van der Waals surface area contributed by atoms with E-state index < -0.39 is 5.41 Å². The fourth-order valence-corrected chi connectivity index (χ4v) is 2.46. The second-order valence-corrected chi connectivity index (χ2v) is 6.21. The van der Waals surface area contributed by atoms with E-state index in [0.717, 1.165) is 31.6 Å². The second-order valence-electron chi connectivity index (χ2n) is 5.77. The SMILES string of the molecule is CCN(CC)CCCNC(=O)C(C)(C)c1cccc(Cl)c1. The third-order valence-electron chi connectivity index (χ3n) is 3.95. The monoisotopic (exact) mass is 310 g/mol. The molecular formula is C17H27ClN2O. The fourth-order valence-electron chi connectivity index (χ4n) is 2.27. The molecule has 0 radical (unpaired) electrons. The smallest absolute Gasteiger partial charge is 0.230 e. The van der Waals surface area contributed by atoms with Gasteiger partial charge in [0.15, 0.2) is 0 Å². The number of carbonyl (C=O) groups excluding carboxylic acids is 1. The van der Waals surface area contributed by atoms with Crippen molar-refractivity contribution in [1.29, 1.82) is 0 Å². The standard InChI is InChI=1S/C17H27ClN2O/c1-5-20(6-2)12-8-11-19-16(21)17(3,4)14-9-7-10-15(18)13-14/h7,9-10,13H,5-6,8,11-12H2,1-4H3,(H,19,21). The Labute approximate surface area is 133 Å². The summed E-state index contributed by atoms with van der Waals surface area (Å²) in [6.07, 6.45) is 0.971. The highest BCUT2D eigenvalue weighted by Crippen LogP contribution is 2.25. The van der Waals surface area contributed by atoms with Gasteiger partial charge in [-0.2, -0.15) is 0 Å². The van der Waals surface area contributed by atoms with Gasteiger partial charge in [-0.15, -0.1) is 0 Å². The van der Waals surface area contributed by atoms with Crippen LogP contribution in [0.3, 0.4) is 0 Å². The van der Waals surface area contributed by atoms with Crippen molar-refractivity contribution in [2.75, 3.05) is 26.2 Å². The van der Waals surface area contributed by atoms with Crippen molar-refractivity contribution in [2.24, 2.45) is 0 Å². The summed E-state index contributed by atoms with van der Waals surface area (Å²) in [7, 11) is 0. The number of nitrogens with one attached hydrogen (secondary N) is 1. The molecule has 4 heteroatoms. The van der Waals surface area contributed by atoms with Crippen LogP contribution in [0.15, 0.2) is 24.3 Å². The Morgan fingerprint density at radius 2 is 1.95 bits per heavy atom. The predicted octanol–water partition coefficient (Wildman–Crippen LogP) is 3.47. The molecule has 1 N–H and O–H groups in total. The molecule has 21 heavy (non-hydrogen) atoms. The van der Waals surface area contributed by atoms with Crippen LogP contribution in [-0.2, 0) is 10.2 Å². The van der Waals surface area contributed by atoms with Crippen molar-refractivity contribution in [3.8, 4) is 0 Å². The van der Waals surface area contributed by atoms with E-state index in [9.17, 15) is 4.79 Å². The van der Waals surface area contributed by atoms with Gasteiger partial charge in [-0.3, -0.25) is 4.79 Å². The maximum Gasteiger partial charge on any atom is 0.230 e. The fraction of sp³-hybridized carbons (Fsp3) is 0.588. The number of rotatable bonds is 8. The molecule has 0 spiro atoms. The summed E-state index contributed by atoms with van der Waals surface area (Å²) in [5.41, 5.74) is 0.372. The van der Waals surface area contributed by atoms with Gasteiger partial charge in [0.05, 0.1) is 5.41 Å². The number of halogens is 1. The summed E-state index contributed by atoms with van der Waals surface area (Å²) in [5, 5.41) is 3.70. The molecule has 0 saturated heterocycles. The quantitative estimate of drug-likeness (QED) is 0.746. The zero-order valence-corrected chi connectivity index (χ0v) is 14.3. The van der Waals surface area contributed by atoms with Gasteiger partial charge in [0.2, 0.25) is 5.91 Å². The maximum atomic E-state index is 12.4. The first-order chi connectivity index (χ1) is 9.91. The van der Waals surface area contributed by atoms with Crippen molar-refractivity contribution in [1.82, 2.24) is 10.2 Å². The Morgan fingerprint density at radius 1 is 1.29 bits per heavy atom. The third-order valence-corrected chi connectivity index (χ3v) is 4.18. The Kier molecular flexibility index (Phi) is 7.20. The first-order valence-electron chi connectivity index (χ1n) is 7.68. The molecule has 0 aromatic heterocycles. The van der Waals surface area contributed by atoms with Gasteiger partial charge in [-0.1, -0.05) is 37.6 Å². The zero-order valence-electron chi connectivity index (χ0n) is 13.6. The van der Waals surface area contributed by atoms with Crippen molar-refractivity contribution in [3.05, 3.63) is 34.9 Å². The van der Waals surface area contributed by atoms with Crippen LogP contribution >= 0.6 is 11.6 Å². The molecule has 1 aromatic carbocycles. The van der Waals surface area contributed by atoms with E-state index in [-0.39, 0.29) is 5.91 Å². The molecule has 1 aromatic rings. The molecule has 0 aliphatic heterocycles. The van der Waals surface area contributed by atoms with E-state index in [0.29, 0.717) is 11.6 Å². The highest BCUT2D eigenvalue weighted by atomic mass is 35.5. The highest BCUT2D eigenvalue weighted by Gasteiger charge is 2.29. The van der Waals surface area contributed by atoms with Crippen molar-refractivity contribution >= 4 is 17.5 Å². The average molecular weight is 311 g/mol. The molecule has 118 valence electrons. The molecule has 0 aliphatic rings. The lowest BCUT2D eigenvalue weighted by Gasteiger charge is -2.25. The third kappa shape index (κ3) is 5.33. The average Bonchev–Trinajstić information content (AvgIpc) is 2.47. The Balaban J connectivity index is 2.50. The number of benzene rings is 1. The zero-order chi connectivity index (χ0) is 15.9. The largest absolute Gasteiger partial charge is 0.355 e. The molecule has 1 rings (SSSR count). The van der Waals surface area contributed by atoms with Crippen molar-refractivity contribution < 1.29 is 4.79 Å².